The molecule has 4 nitrogen and oxygen atoms in total. The van der Waals surface area contributed by atoms with E-state index in [0.717, 1.165) is 17.1 Å². The summed E-state index contributed by atoms with van der Waals surface area (Å²) in [6.45, 7) is 0. The highest BCUT2D eigenvalue weighted by Gasteiger charge is 2.03. The number of nitrogens with two attached hydrogens (primary N) is 1. The van der Waals surface area contributed by atoms with Gasteiger partial charge in [0, 0.05) is 17.5 Å². The molecule has 0 aliphatic carbocycles. The fourth-order valence-electron chi connectivity index (χ4n) is 1.31. The standard InChI is InChI=1S/C11H12N2O2S/c1-14-10-5-8(4-9(12)6-10)7-16-11-13-2-3-15-11/h2-6H,7,12H2,1H3. The smallest absolute Gasteiger partial charge is 0.255 e. The van der Waals surface area contributed by atoms with E-state index in [4.69, 9.17) is 14.9 Å². The van der Waals surface area contributed by atoms with Gasteiger partial charge < -0.3 is 14.9 Å². The maximum absolute atomic E-state index is 5.76. The lowest BCUT2D eigenvalue weighted by molar-refractivity contribution is 0.414. The predicted octanol–water partition coefficient (Wildman–Crippen LogP) is 2.56. The van der Waals surface area contributed by atoms with Crippen molar-refractivity contribution in [1.29, 1.82) is 0 Å². The van der Waals surface area contributed by atoms with Gasteiger partial charge in [-0.15, -0.1) is 0 Å². The molecule has 0 saturated carbocycles. The molecule has 5 heteroatoms. The molecule has 0 aliphatic heterocycles. The summed E-state index contributed by atoms with van der Waals surface area (Å²) in [6.07, 6.45) is 3.19. The highest BCUT2D eigenvalue weighted by atomic mass is 32.2. The quantitative estimate of drug-likeness (QED) is 0.653. The third-order valence-electron chi connectivity index (χ3n) is 2.00. The van der Waals surface area contributed by atoms with Crippen molar-refractivity contribution >= 4 is 17.4 Å². The van der Waals surface area contributed by atoms with Gasteiger partial charge in [0.05, 0.1) is 13.3 Å². The summed E-state index contributed by atoms with van der Waals surface area (Å²) < 4.78 is 10.3. The number of nitrogen functional groups attached to an aromatic ring is 1. The molecular formula is C11H12N2O2S. The molecular weight excluding hydrogens is 224 g/mol. The van der Waals surface area contributed by atoms with Crippen LogP contribution in [0.1, 0.15) is 5.56 Å². The van der Waals surface area contributed by atoms with Crippen molar-refractivity contribution in [2.75, 3.05) is 12.8 Å². The van der Waals surface area contributed by atoms with Crippen LogP contribution in [-0.4, -0.2) is 12.1 Å². The number of nitrogens with zero attached hydrogens (tertiary/aromatic N) is 1. The van der Waals surface area contributed by atoms with E-state index in [-0.39, 0.29) is 0 Å². The first-order chi connectivity index (χ1) is 7.78. The molecule has 2 aromatic rings. The van der Waals surface area contributed by atoms with Crippen LogP contribution in [0.4, 0.5) is 5.69 Å². The summed E-state index contributed by atoms with van der Waals surface area (Å²) in [6, 6.07) is 5.66. The van der Waals surface area contributed by atoms with Crippen LogP contribution in [-0.2, 0) is 5.75 Å². The Balaban J connectivity index is 2.06. The molecule has 2 rings (SSSR count). The van der Waals surface area contributed by atoms with Crippen LogP contribution in [0, 0.1) is 0 Å². The second kappa shape index (κ2) is 4.94. The van der Waals surface area contributed by atoms with Gasteiger partial charge in [0.1, 0.15) is 12.0 Å². The Labute approximate surface area is 97.8 Å². The summed E-state index contributed by atoms with van der Waals surface area (Å²) >= 11 is 1.52. The minimum atomic E-state index is 0.654. The zero-order valence-electron chi connectivity index (χ0n) is 8.84. The van der Waals surface area contributed by atoms with Gasteiger partial charge in [0.15, 0.2) is 0 Å². The van der Waals surface area contributed by atoms with E-state index in [0.29, 0.717) is 10.9 Å². The number of benzene rings is 1. The average molecular weight is 236 g/mol. The van der Waals surface area contributed by atoms with E-state index < -0.39 is 0 Å². The summed E-state index contributed by atoms with van der Waals surface area (Å²) in [5.41, 5.74) is 7.54. The van der Waals surface area contributed by atoms with Gasteiger partial charge in [-0.05, 0) is 17.7 Å². The van der Waals surface area contributed by atoms with Gasteiger partial charge in [-0.2, -0.15) is 0 Å². The van der Waals surface area contributed by atoms with Crippen LogP contribution in [0.2, 0.25) is 0 Å². The molecule has 0 bridgehead atoms. The van der Waals surface area contributed by atoms with Crippen LogP contribution in [0.25, 0.3) is 0 Å². The van der Waals surface area contributed by atoms with Gasteiger partial charge in [-0.25, -0.2) is 4.98 Å². The molecule has 0 saturated heterocycles. The summed E-state index contributed by atoms with van der Waals surface area (Å²) in [5, 5.41) is 0.654. The Kier molecular flexibility index (Phi) is 3.36. The Morgan fingerprint density at radius 2 is 2.31 bits per heavy atom. The number of hydrogen-bond donors (Lipinski definition) is 1. The van der Waals surface area contributed by atoms with Crippen LogP contribution >= 0.6 is 11.8 Å². The number of methoxy groups -OCH3 is 1. The molecule has 16 heavy (non-hydrogen) atoms. The van der Waals surface area contributed by atoms with E-state index in [1.54, 1.807) is 25.6 Å². The number of thioether (sulfide) groups is 1. The van der Waals surface area contributed by atoms with E-state index in [2.05, 4.69) is 4.98 Å². The van der Waals surface area contributed by atoms with Crippen LogP contribution in [0.15, 0.2) is 40.3 Å². The monoisotopic (exact) mass is 236 g/mol. The second-order valence-corrected chi connectivity index (χ2v) is 4.13. The van der Waals surface area contributed by atoms with Gasteiger partial charge >= 0.3 is 0 Å². The van der Waals surface area contributed by atoms with Gasteiger partial charge in [-0.3, -0.25) is 0 Å². The zero-order valence-corrected chi connectivity index (χ0v) is 9.66. The maximum atomic E-state index is 5.76. The lowest BCUT2D eigenvalue weighted by Gasteiger charge is -2.05. The van der Waals surface area contributed by atoms with Gasteiger partial charge in [-0.1, -0.05) is 11.8 Å². The van der Waals surface area contributed by atoms with Crippen LogP contribution in [0.5, 0.6) is 5.75 Å². The zero-order chi connectivity index (χ0) is 11.4. The molecule has 0 amide bonds. The minimum Gasteiger partial charge on any atom is -0.497 e. The normalized spacial score (nSPS) is 10.3. The van der Waals surface area contributed by atoms with Crippen molar-refractivity contribution in [3.05, 3.63) is 36.2 Å². The SMILES string of the molecule is COc1cc(N)cc(CSc2ncco2)c1. The maximum Gasteiger partial charge on any atom is 0.255 e. The van der Waals surface area contributed by atoms with Crippen molar-refractivity contribution in [2.45, 2.75) is 11.0 Å². The number of ether oxygens (including phenoxy) is 1. The van der Waals surface area contributed by atoms with Crippen LogP contribution < -0.4 is 10.5 Å². The molecule has 0 unspecified atom stereocenters. The fourth-order valence-corrected chi connectivity index (χ4v) is 2.03. The largest absolute Gasteiger partial charge is 0.497 e. The van der Waals surface area contributed by atoms with E-state index in [1.807, 2.05) is 12.1 Å². The van der Waals surface area contributed by atoms with Gasteiger partial charge in [0.25, 0.3) is 5.22 Å². The topological polar surface area (TPSA) is 61.3 Å². The lowest BCUT2D eigenvalue weighted by atomic mass is 10.2. The van der Waals surface area contributed by atoms with Crippen LogP contribution in [0.3, 0.4) is 0 Å². The molecule has 0 spiro atoms. The fraction of sp³-hybridized carbons (Fsp3) is 0.182. The highest BCUT2D eigenvalue weighted by molar-refractivity contribution is 7.98. The number of anilines is 1. The highest BCUT2D eigenvalue weighted by Crippen LogP contribution is 2.25. The molecule has 1 aromatic heterocycles. The van der Waals surface area contributed by atoms with Crippen molar-refractivity contribution in [1.82, 2.24) is 4.98 Å². The molecule has 84 valence electrons. The molecule has 0 aliphatic rings. The Bertz CT molecular complexity index is 457. The minimum absolute atomic E-state index is 0.654. The summed E-state index contributed by atoms with van der Waals surface area (Å²) in [5.74, 6) is 1.52. The number of aromatic nitrogens is 1. The van der Waals surface area contributed by atoms with Crippen molar-refractivity contribution in [2.24, 2.45) is 0 Å². The van der Waals surface area contributed by atoms with Gasteiger partial charge in [0.2, 0.25) is 0 Å². The predicted molar refractivity (Wildman–Crippen MR) is 63.5 cm³/mol. The Morgan fingerprint density at radius 1 is 1.44 bits per heavy atom. The van der Waals surface area contributed by atoms with E-state index in [9.17, 15) is 0 Å². The molecule has 2 N–H and O–H groups in total. The van der Waals surface area contributed by atoms with Crippen molar-refractivity contribution in [3.63, 3.8) is 0 Å². The molecule has 1 heterocycles. The molecule has 0 fully saturated rings. The Hall–Kier alpha value is -1.62. The van der Waals surface area contributed by atoms with E-state index >= 15 is 0 Å². The molecule has 0 radical (unpaired) electrons. The summed E-state index contributed by atoms with van der Waals surface area (Å²) in [4.78, 5) is 4.03. The second-order valence-electron chi connectivity index (χ2n) is 3.20. The summed E-state index contributed by atoms with van der Waals surface area (Å²) in [7, 11) is 1.62. The first-order valence-corrected chi connectivity index (χ1v) is 5.72. The van der Waals surface area contributed by atoms with E-state index in [1.165, 1.54) is 11.8 Å². The number of hydrogen-bond acceptors (Lipinski definition) is 5. The third-order valence-corrected chi connectivity index (χ3v) is 2.92. The molecule has 0 atom stereocenters. The first-order valence-electron chi connectivity index (χ1n) is 4.73. The lowest BCUT2D eigenvalue weighted by Crippen LogP contribution is -1.91. The number of oxazole rings is 1. The third kappa shape index (κ3) is 2.70. The average Bonchev–Trinajstić information content (AvgIpc) is 2.78. The number of rotatable bonds is 4. The van der Waals surface area contributed by atoms with Crippen molar-refractivity contribution in [3.8, 4) is 5.75 Å². The van der Waals surface area contributed by atoms with Crippen molar-refractivity contribution < 1.29 is 9.15 Å². The molecule has 1 aromatic carbocycles. The Morgan fingerprint density at radius 3 is 3.00 bits per heavy atom. The first kappa shape index (κ1) is 10.9.